The third kappa shape index (κ3) is 27.3. The number of rotatable bonds is 44. The molecule has 0 bridgehead atoms. The molecule has 25 heteroatoms. The fourth-order valence-corrected chi connectivity index (χ4v) is 17.2. The zero-order valence-corrected chi connectivity index (χ0v) is 77.1. The maximum atomic E-state index is 15.4. The first-order chi connectivity index (χ1) is 69.0. The Labute approximate surface area is 813 Å². The van der Waals surface area contributed by atoms with Crippen molar-refractivity contribution in [1.82, 2.24) is 4.90 Å². The maximum Gasteiger partial charge on any atom is 0.410 e. The van der Waals surface area contributed by atoms with E-state index in [2.05, 4.69) is 0 Å². The van der Waals surface area contributed by atoms with Crippen LogP contribution >= 0.6 is 0 Å². The van der Waals surface area contributed by atoms with Crippen molar-refractivity contribution in [3.63, 3.8) is 0 Å². The van der Waals surface area contributed by atoms with Crippen molar-refractivity contribution in [3.8, 4) is 0 Å². The van der Waals surface area contributed by atoms with E-state index in [0.29, 0.717) is 11.1 Å². The summed E-state index contributed by atoms with van der Waals surface area (Å²) in [5.74, 6) is -3.59. The minimum Gasteiger partial charge on any atom is -0.459 e. The van der Waals surface area contributed by atoms with Gasteiger partial charge < -0.3 is 90.0 Å². The minimum absolute atomic E-state index is 0.0147. The van der Waals surface area contributed by atoms with Crippen LogP contribution in [0.5, 0.6) is 0 Å². The van der Waals surface area contributed by atoms with Crippen molar-refractivity contribution in [2.45, 2.75) is 170 Å². The van der Waals surface area contributed by atoms with E-state index in [-0.39, 0.29) is 108 Å². The molecule has 0 saturated carbocycles. The fourth-order valence-electron chi connectivity index (χ4n) is 17.2. The Morgan fingerprint density at radius 2 is 0.486 bits per heavy atom. The number of carbonyl (C=O) groups excluding carboxylic acids is 5. The number of amides is 1. The van der Waals surface area contributed by atoms with Crippen LogP contribution in [0.1, 0.15) is 91.5 Å². The summed E-state index contributed by atoms with van der Waals surface area (Å²) in [6.45, 7) is -1.34. The number of hydrogen-bond donors (Lipinski definition) is 0. The third-order valence-corrected chi connectivity index (χ3v) is 24.4. The number of hydrogen-bond acceptors (Lipinski definition) is 24. The number of esters is 4. The monoisotopic (exact) mass is 1890 g/mol. The van der Waals surface area contributed by atoms with Crippen LogP contribution in [-0.2, 0) is 149 Å². The zero-order valence-electron chi connectivity index (χ0n) is 77.1. The highest BCUT2D eigenvalue weighted by atomic mass is 16.8. The fraction of sp³-hybridized carbons (Fsp3) is 0.278. The van der Waals surface area contributed by atoms with Gasteiger partial charge in [0.2, 0.25) is 0 Å². The molecule has 4 saturated heterocycles. The van der Waals surface area contributed by atoms with E-state index in [1.165, 1.54) is 36.4 Å². The summed E-state index contributed by atoms with van der Waals surface area (Å²) in [6.07, 6.45) is -25.9. The first-order valence-corrected chi connectivity index (χ1v) is 47.0. The lowest BCUT2D eigenvalue weighted by Crippen LogP contribution is -2.68. The molecule has 140 heavy (non-hydrogen) atoms. The standard InChI is InChI=1S/C115H111NO24/c117-108(89-58-32-10-33-59-89)130-79-97-101(135-109(118)90-60-34-11-35-61-90)104(136-110(119)91-62-36-12-37-63-91)107(137-111(120)92-64-38-13-39-65-92)114(134-97)140-100-96(78-124-69-82-44-18-3-19-45-82)133-113(106(129-74-87-54-28-8-29-55-87)103(100)127-72-85-50-24-6-25-51-85)139-99-95(77-123-68-81-42-16-2-17-43-81)132-112(105(128-73-86-52-26-7-27-53-86)102(99)126-71-84-48-22-5-23-49-84)138-98-93(76-122-67-80-40-14-1-15-41-80)116(115(121)131-75-88-56-30-9-31-57-88)66-94(98)125-70-83-46-20-4-21-47-83/h1-65,93-107,112-114H,66-79H2/t93-,94-,95-,96-,97-,98-,99+,100-,101-,102+,103+,104+,105-,106-,107-,112-,113+,114+/m1/s1. The highest BCUT2D eigenvalue weighted by Crippen LogP contribution is 2.42. The highest BCUT2D eigenvalue weighted by Gasteiger charge is 2.60. The van der Waals surface area contributed by atoms with Gasteiger partial charge in [0, 0.05) is 0 Å². The summed E-state index contributed by atoms with van der Waals surface area (Å²) in [5.41, 5.74) is 7.48. The predicted molar refractivity (Wildman–Crippen MR) is 515 cm³/mol. The molecule has 720 valence electrons. The van der Waals surface area contributed by atoms with E-state index in [0.717, 1.165) is 38.9 Å². The van der Waals surface area contributed by atoms with Crippen molar-refractivity contribution in [1.29, 1.82) is 0 Å². The van der Waals surface area contributed by atoms with Gasteiger partial charge in [0.05, 0.1) is 108 Å². The summed E-state index contributed by atoms with van der Waals surface area (Å²) >= 11 is 0. The Bertz CT molecular complexity index is 5900. The lowest BCUT2D eigenvalue weighted by Gasteiger charge is -2.51. The van der Waals surface area contributed by atoms with Gasteiger partial charge in [-0.2, -0.15) is 0 Å². The Morgan fingerprint density at radius 1 is 0.229 bits per heavy atom. The molecule has 0 aromatic heterocycles. The second-order valence-corrected chi connectivity index (χ2v) is 34.2. The summed E-state index contributed by atoms with van der Waals surface area (Å²) in [4.78, 5) is 77.1. The maximum absolute atomic E-state index is 15.4. The topological polar surface area (TPSA) is 264 Å². The van der Waals surface area contributed by atoms with Crippen LogP contribution in [0.4, 0.5) is 4.79 Å². The normalized spacial score (nSPS) is 23.3. The minimum atomic E-state index is -1.96. The SMILES string of the molecule is O=C(OC[C@H]1O[C@@H](O[C@H]2[C@H](OCc3ccccc3)[C@@H](OCc3ccccc3)[C@H](O[C@@H]3[C@H](OCc4ccccc4)[C@@H](OCc4ccccc4)[C@@H](O[C@@H]4[C@@H](COCc5ccccc5)N(C(=O)OCc5ccccc5)C[C@H]4OCc4ccccc4)O[C@@H]3COCc3ccccc3)O[C@@H]2COCc2ccccc2)[C@H](OC(=O)c2ccccc2)[C@@H](OC(=O)c2ccccc2)[C@@H]1OC(=O)c1ccccc1)c1ccccc1. The number of likely N-dealkylation sites (tertiary alicyclic amines) is 1. The van der Waals surface area contributed by atoms with E-state index in [1.54, 1.807) is 89.8 Å². The quantitative estimate of drug-likeness (QED) is 0.0254. The van der Waals surface area contributed by atoms with E-state index in [9.17, 15) is 4.79 Å². The number of benzene rings is 13. The number of carbonyl (C=O) groups is 5. The van der Waals surface area contributed by atoms with Gasteiger partial charge in [-0.05, 0) is 98.6 Å². The van der Waals surface area contributed by atoms with E-state index in [1.807, 2.05) is 273 Å². The lowest BCUT2D eigenvalue weighted by atomic mass is 9.94. The molecule has 4 heterocycles. The van der Waals surface area contributed by atoms with Crippen molar-refractivity contribution in [3.05, 3.63) is 467 Å². The first-order valence-electron chi connectivity index (χ1n) is 47.0. The predicted octanol–water partition coefficient (Wildman–Crippen LogP) is 18.4. The van der Waals surface area contributed by atoms with Crippen LogP contribution in [0.2, 0.25) is 0 Å². The number of ether oxygens (including phenoxy) is 19. The molecular weight excluding hydrogens is 1780 g/mol. The molecule has 1 amide bonds. The summed E-state index contributed by atoms with van der Waals surface area (Å²) < 4.78 is 137. The molecule has 4 aliphatic rings. The molecular formula is C115H111NO24. The van der Waals surface area contributed by atoms with E-state index in [4.69, 9.17) is 90.0 Å². The Kier molecular flexibility index (Phi) is 35.6. The van der Waals surface area contributed by atoms with Gasteiger partial charge in [0.25, 0.3) is 0 Å². The largest absolute Gasteiger partial charge is 0.459 e. The van der Waals surface area contributed by atoms with Crippen molar-refractivity contribution in [2.75, 3.05) is 33.0 Å². The summed E-state index contributed by atoms with van der Waals surface area (Å²) in [6, 6.07) is 118. The number of nitrogens with zero attached hydrogens (tertiary/aromatic N) is 1. The molecule has 4 aliphatic heterocycles. The average Bonchev–Trinajstić information content (AvgIpc) is 0.884. The van der Waals surface area contributed by atoms with Crippen LogP contribution in [0.15, 0.2) is 394 Å². The second kappa shape index (κ2) is 50.9. The van der Waals surface area contributed by atoms with Crippen molar-refractivity contribution < 1.29 is 114 Å². The molecule has 0 unspecified atom stereocenters. The van der Waals surface area contributed by atoms with Gasteiger partial charge in [-0.25, -0.2) is 24.0 Å². The first kappa shape index (κ1) is 98.1. The van der Waals surface area contributed by atoms with Gasteiger partial charge in [-0.1, -0.05) is 346 Å². The molecule has 4 fully saturated rings. The molecule has 0 spiro atoms. The van der Waals surface area contributed by atoms with Gasteiger partial charge in [0.15, 0.2) is 37.2 Å². The average molecular weight is 1890 g/mol. The van der Waals surface area contributed by atoms with Crippen molar-refractivity contribution in [2.24, 2.45) is 0 Å². The smallest absolute Gasteiger partial charge is 0.410 e. The van der Waals surface area contributed by atoms with Crippen molar-refractivity contribution >= 4 is 30.0 Å². The van der Waals surface area contributed by atoms with E-state index < -0.39 is 147 Å². The van der Waals surface area contributed by atoms with Crippen LogP contribution in [0.3, 0.4) is 0 Å². The molecule has 13 aromatic carbocycles. The van der Waals surface area contributed by atoms with Crippen LogP contribution in [0.25, 0.3) is 0 Å². The molecule has 0 N–H and O–H groups in total. The molecule has 25 nitrogen and oxygen atoms in total. The van der Waals surface area contributed by atoms with Crippen LogP contribution < -0.4 is 0 Å². The summed E-state index contributed by atoms with van der Waals surface area (Å²) in [5, 5.41) is 0. The molecule has 0 aliphatic carbocycles. The van der Waals surface area contributed by atoms with Crippen LogP contribution in [0, 0.1) is 0 Å². The van der Waals surface area contributed by atoms with Gasteiger partial charge in [0.1, 0.15) is 80.4 Å². The molecule has 13 aromatic rings. The lowest BCUT2D eigenvalue weighted by molar-refractivity contribution is -0.393. The van der Waals surface area contributed by atoms with Crippen LogP contribution in [-0.4, -0.2) is 178 Å². The molecule has 0 radical (unpaired) electrons. The summed E-state index contributed by atoms with van der Waals surface area (Å²) in [7, 11) is 0. The second-order valence-electron chi connectivity index (χ2n) is 34.2. The van der Waals surface area contributed by atoms with E-state index >= 15 is 19.2 Å². The zero-order chi connectivity index (χ0) is 95.7. The Hall–Kier alpha value is -13.6. The Balaban J connectivity index is 0.818. The highest BCUT2D eigenvalue weighted by molar-refractivity contribution is 5.92. The molecule has 17 rings (SSSR count). The molecule has 18 atom stereocenters. The van der Waals surface area contributed by atoms with Gasteiger partial charge >= 0.3 is 30.0 Å². The third-order valence-electron chi connectivity index (χ3n) is 24.4. The van der Waals surface area contributed by atoms with Gasteiger partial charge in [-0.3, -0.25) is 4.90 Å². The van der Waals surface area contributed by atoms with Gasteiger partial charge in [-0.15, -0.1) is 0 Å². The Morgan fingerprint density at radius 3 is 0.829 bits per heavy atom.